The van der Waals surface area contributed by atoms with Crippen LogP contribution in [0.1, 0.15) is 6.42 Å². The van der Waals surface area contributed by atoms with E-state index in [2.05, 4.69) is 22.3 Å². The summed E-state index contributed by atoms with van der Waals surface area (Å²) in [6.45, 7) is 3.19. The zero-order valence-corrected chi connectivity index (χ0v) is 8.49. The third-order valence-electron chi connectivity index (χ3n) is 2.50. The Morgan fingerprint density at radius 1 is 1.43 bits per heavy atom. The second-order valence-electron chi connectivity index (χ2n) is 3.48. The highest BCUT2D eigenvalue weighted by Crippen LogP contribution is 2.21. The smallest absolute Gasteiger partial charge is 0.120 e. The molecule has 0 spiro atoms. The summed E-state index contributed by atoms with van der Waals surface area (Å²) in [7, 11) is 1.70. The lowest BCUT2D eigenvalue weighted by molar-refractivity contribution is 0.414. The van der Waals surface area contributed by atoms with Crippen LogP contribution in [-0.4, -0.2) is 26.9 Å². The molecular formula is C11H16N2O. The number of anilines is 1. The summed E-state index contributed by atoms with van der Waals surface area (Å²) in [5, 5.41) is 3.36. The minimum atomic E-state index is 0.924. The van der Waals surface area contributed by atoms with Gasteiger partial charge in [0.05, 0.1) is 13.8 Å². The molecular weight excluding hydrogens is 176 g/mol. The van der Waals surface area contributed by atoms with Crippen molar-refractivity contribution < 1.29 is 4.74 Å². The Hall–Kier alpha value is -1.22. The van der Waals surface area contributed by atoms with E-state index in [9.17, 15) is 0 Å². The van der Waals surface area contributed by atoms with E-state index in [4.69, 9.17) is 4.74 Å². The SMILES string of the molecule is COc1cccc(N2CCCNC2)c1. The van der Waals surface area contributed by atoms with Crippen LogP contribution < -0.4 is 15.0 Å². The molecule has 0 unspecified atom stereocenters. The summed E-state index contributed by atoms with van der Waals surface area (Å²) >= 11 is 0. The van der Waals surface area contributed by atoms with Crippen LogP contribution in [0.3, 0.4) is 0 Å². The largest absolute Gasteiger partial charge is 0.497 e. The highest BCUT2D eigenvalue weighted by Gasteiger charge is 2.10. The van der Waals surface area contributed by atoms with Gasteiger partial charge in [-0.3, -0.25) is 5.32 Å². The van der Waals surface area contributed by atoms with E-state index < -0.39 is 0 Å². The number of methoxy groups -OCH3 is 1. The van der Waals surface area contributed by atoms with Gasteiger partial charge in [-0.15, -0.1) is 0 Å². The fourth-order valence-electron chi connectivity index (χ4n) is 1.72. The Labute approximate surface area is 84.7 Å². The van der Waals surface area contributed by atoms with E-state index in [1.54, 1.807) is 7.11 Å². The molecule has 2 rings (SSSR count). The molecule has 0 amide bonds. The number of nitrogens with zero attached hydrogens (tertiary/aromatic N) is 1. The lowest BCUT2D eigenvalue weighted by atomic mass is 10.2. The molecule has 0 radical (unpaired) electrons. The molecule has 1 fully saturated rings. The van der Waals surface area contributed by atoms with Gasteiger partial charge >= 0.3 is 0 Å². The van der Waals surface area contributed by atoms with Crippen LogP contribution in [0.2, 0.25) is 0 Å². The summed E-state index contributed by atoms with van der Waals surface area (Å²) in [4.78, 5) is 2.33. The fourth-order valence-corrected chi connectivity index (χ4v) is 1.72. The second kappa shape index (κ2) is 4.33. The zero-order valence-electron chi connectivity index (χ0n) is 8.49. The number of hydrogen-bond acceptors (Lipinski definition) is 3. The van der Waals surface area contributed by atoms with Gasteiger partial charge in [-0.05, 0) is 25.1 Å². The van der Waals surface area contributed by atoms with Crippen molar-refractivity contribution in [2.75, 3.05) is 31.8 Å². The highest BCUT2D eigenvalue weighted by molar-refractivity contribution is 5.50. The topological polar surface area (TPSA) is 24.5 Å². The van der Waals surface area contributed by atoms with E-state index in [0.717, 1.165) is 25.5 Å². The molecule has 0 aromatic heterocycles. The number of rotatable bonds is 2. The summed E-state index contributed by atoms with van der Waals surface area (Å²) < 4.78 is 5.20. The summed E-state index contributed by atoms with van der Waals surface area (Å²) in [5.41, 5.74) is 1.23. The molecule has 0 bridgehead atoms. The van der Waals surface area contributed by atoms with Crippen LogP contribution >= 0.6 is 0 Å². The molecule has 1 heterocycles. The molecule has 3 nitrogen and oxygen atoms in total. The van der Waals surface area contributed by atoms with E-state index in [1.807, 2.05) is 12.1 Å². The Kier molecular flexibility index (Phi) is 2.89. The first-order valence-corrected chi connectivity index (χ1v) is 5.00. The van der Waals surface area contributed by atoms with Crippen LogP contribution in [-0.2, 0) is 0 Å². The fraction of sp³-hybridized carbons (Fsp3) is 0.455. The van der Waals surface area contributed by atoms with E-state index >= 15 is 0 Å². The van der Waals surface area contributed by atoms with Gasteiger partial charge in [-0.25, -0.2) is 0 Å². The first kappa shape index (κ1) is 9.34. The summed E-state index contributed by atoms with van der Waals surface area (Å²) in [5.74, 6) is 0.924. The van der Waals surface area contributed by atoms with Crippen molar-refractivity contribution in [2.24, 2.45) is 0 Å². The molecule has 76 valence electrons. The quantitative estimate of drug-likeness (QED) is 0.767. The maximum atomic E-state index is 5.20. The van der Waals surface area contributed by atoms with Gasteiger partial charge in [0.25, 0.3) is 0 Å². The second-order valence-corrected chi connectivity index (χ2v) is 3.48. The average Bonchev–Trinajstić information content (AvgIpc) is 2.30. The maximum absolute atomic E-state index is 5.20. The van der Waals surface area contributed by atoms with Crippen molar-refractivity contribution in [1.29, 1.82) is 0 Å². The number of hydrogen-bond donors (Lipinski definition) is 1. The molecule has 1 aromatic rings. The third-order valence-corrected chi connectivity index (χ3v) is 2.50. The van der Waals surface area contributed by atoms with Crippen molar-refractivity contribution in [1.82, 2.24) is 5.32 Å². The third kappa shape index (κ3) is 1.99. The molecule has 1 aromatic carbocycles. The van der Waals surface area contributed by atoms with Crippen LogP contribution in [0.15, 0.2) is 24.3 Å². The standard InChI is InChI=1S/C11H16N2O/c1-14-11-5-2-4-10(8-11)13-7-3-6-12-9-13/h2,4-5,8,12H,3,6-7,9H2,1H3. The Morgan fingerprint density at radius 3 is 3.07 bits per heavy atom. The van der Waals surface area contributed by atoms with E-state index in [0.29, 0.717) is 0 Å². The average molecular weight is 192 g/mol. The van der Waals surface area contributed by atoms with Crippen LogP contribution in [0.25, 0.3) is 0 Å². The summed E-state index contributed by atoms with van der Waals surface area (Å²) in [6.07, 6.45) is 1.21. The molecule has 0 atom stereocenters. The van der Waals surface area contributed by atoms with Crippen LogP contribution in [0.5, 0.6) is 5.75 Å². The molecule has 1 saturated heterocycles. The van der Waals surface area contributed by atoms with Crippen LogP contribution in [0.4, 0.5) is 5.69 Å². The number of nitrogens with one attached hydrogen (secondary N) is 1. The van der Waals surface area contributed by atoms with Gasteiger partial charge in [0.2, 0.25) is 0 Å². The Morgan fingerprint density at radius 2 is 2.36 bits per heavy atom. The number of benzene rings is 1. The van der Waals surface area contributed by atoms with Gasteiger partial charge < -0.3 is 9.64 Å². The molecule has 14 heavy (non-hydrogen) atoms. The molecule has 0 aliphatic carbocycles. The first-order valence-electron chi connectivity index (χ1n) is 5.00. The van der Waals surface area contributed by atoms with Crippen molar-refractivity contribution in [3.05, 3.63) is 24.3 Å². The lowest BCUT2D eigenvalue weighted by Crippen LogP contribution is -2.41. The van der Waals surface area contributed by atoms with Gasteiger partial charge in [-0.2, -0.15) is 0 Å². The minimum Gasteiger partial charge on any atom is -0.497 e. The van der Waals surface area contributed by atoms with Crippen molar-refractivity contribution in [3.63, 3.8) is 0 Å². The van der Waals surface area contributed by atoms with Gasteiger partial charge in [0.15, 0.2) is 0 Å². The number of ether oxygens (including phenoxy) is 1. The van der Waals surface area contributed by atoms with E-state index in [-0.39, 0.29) is 0 Å². The maximum Gasteiger partial charge on any atom is 0.120 e. The van der Waals surface area contributed by atoms with Gasteiger partial charge in [0, 0.05) is 18.3 Å². The Bertz CT molecular complexity index is 295. The van der Waals surface area contributed by atoms with Gasteiger partial charge in [-0.1, -0.05) is 6.07 Å². The molecule has 0 saturated carbocycles. The van der Waals surface area contributed by atoms with Crippen molar-refractivity contribution in [2.45, 2.75) is 6.42 Å². The van der Waals surface area contributed by atoms with Gasteiger partial charge in [0.1, 0.15) is 5.75 Å². The molecule has 1 aliphatic rings. The minimum absolute atomic E-state index is 0.924. The van der Waals surface area contributed by atoms with E-state index in [1.165, 1.54) is 12.1 Å². The Balaban J connectivity index is 2.13. The predicted octanol–water partition coefficient (Wildman–Crippen LogP) is 1.45. The normalized spacial score (nSPS) is 16.8. The first-order chi connectivity index (χ1) is 6.90. The van der Waals surface area contributed by atoms with Crippen molar-refractivity contribution in [3.8, 4) is 5.75 Å². The molecule has 3 heteroatoms. The monoisotopic (exact) mass is 192 g/mol. The predicted molar refractivity (Wildman–Crippen MR) is 57.8 cm³/mol. The van der Waals surface area contributed by atoms with Crippen LogP contribution in [0, 0.1) is 0 Å². The highest BCUT2D eigenvalue weighted by atomic mass is 16.5. The summed E-state index contributed by atoms with van der Waals surface area (Å²) in [6, 6.07) is 8.20. The zero-order chi connectivity index (χ0) is 9.80. The lowest BCUT2D eigenvalue weighted by Gasteiger charge is -2.29. The molecule has 1 N–H and O–H groups in total. The van der Waals surface area contributed by atoms with Crippen molar-refractivity contribution >= 4 is 5.69 Å². The molecule has 1 aliphatic heterocycles.